The second-order valence-electron chi connectivity index (χ2n) is 2.69. The summed E-state index contributed by atoms with van der Waals surface area (Å²) in [7, 11) is 0. The Hall–Kier alpha value is -2.21. The van der Waals surface area contributed by atoms with Gasteiger partial charge in [0.05, 0.1) is 18.1 Å². The maximum atomic E-state index is 12.4. The number of alkyl halides is 2. The van der Waals surface area contributed by atoms with Gasteiger partial charge in [-0.05, 0) is 0 Å². The third-order valence-corrected chi connectivity index (χ3v) is 1.73. The van der Waals surface area contributed by atoms with Crippen molar-refractivity contribution in [1.82, 2.24) is 4.98 Å². The van der Waals surface area contributed by atoms with Gasteiger partial charge in [-0.25, -0.2) is 8.78 Å². The summed E-state index contributed by atoms with van der Waals surface area (Å²) in [5.74, 6) is 0. The predicted molar refractivity (Wildman–Crippen MR) is 46.1 cm³/mol. The zero-order valence-electron chi connectivity index (χ0n) is 7.42. The molecule has 0 aliphatic rings. The maximum absolute atomic E-state index is 12.4. The van der Waals surface area contributed by atoms with Crippen LogP contribution in [0, 0.1) is 22.7 Å². The smallest absolute Gasteiger partial charge is 0.270 e. The van der Waals surface area contributed by atoms with Crippen molar-refractivity contribution in [2.24, 2.45) is 0 Å². The summed E-state index contributed by atoms with van der Waals surface area (Å²) in [6.07, 6.45) is -3.13. The minimum atomic E-state index is -3.00. The molecule has 0 amide bonds. The van der Waals surface area contributed by atoms with Gasteiger partial charge in [0.15, 0.2) is 5.43 Å². The second kappa shape index (κ2) is 4.34. The summed E-state index contributed by atoms with van der Waals surface area (Å²) in [6, 6.07) is 4.12. The lowest BCUT2D eigenvalue weighted by atomic mass is 10.1. The van der Waals surface area contributed by atoms with Crippen molar-refractivity contribution in [2.75, 3.05) is 0 Å². The van der Waals surface area contributed by atoms with Crippen LogP contribution in [0.1, 0.15) is 23.4 Å². The molecule has 76 valence electrons. The Kier molecular flexibility index (Phi) is 3.14. The van der Waals surface area contributed by atoms with Gasteiger partial charge in [0, 0.05) is 11.8 Å². The van der Waals surface area contributed by atoms with E-state index in [1.165, 1.54) is 6.07 Å². The van der Waals surface area contributed by atoms with Crippen molar-refractivity contribution in [2.45, 2.75) is 12.8 Å². The largest absolute Gasteiger partial charge is 0.349 e. The number of rotatable bonds is 2. The highest BCUT2D eigenvalue weighted by molar-refractivity contribution is 5.34. The number of halogens is 2. The molecule has 1 N–H and O–H groups in total. The number of aromatic amines is 1. The van der Waals surface area contributed by atoms with Gasteiger partial charge in [0.25, 0.3) is 6.43 Å². The normalized spacial score (nSPS) is 9.67. The highest BCUT2D eigenvalue weighted by Gasteiger charge is 2.18. The van der Waals surface area contributed by atoms with E-state index in [0.717, 1.165) is 6.07 Å². The molecule has 0 radical (unpaired) electrons. The molecule has 0 unspecified atom stereocenters. The van der Waals surface area contributed by atoms with Crippen LogP contribution in [0.5, 0.6) is 0 Å². The van der Waals surface area contributed by atoms with E-state index in [1.54, 1.807) is 6.07 Å². The van der Waals surface area contributed by atoms with Crippen LogP contribution in [-0.4, -0.2) is 4.98 Å². The molecule has 0 spiro atoms. The Morgan fingerprint density at radius 2 is 2.13 bits per heavy atom. The third kappa shape index (κ3) is 2.18. The average molecular weight is 209 g/mol. The van der Waals surface area contributed by atoms with E-state index in [0.29, 0.717) is 0 Å². The molecule has 0 saturated carbocycles. The Bertz CT molecular complexity index is 508. The van der Waals surface area contributed by atoms with Gasteiger partial charge in [0.1, 0.15) is 11.8 Å². The minimum Gasteiger partial charge on any atom is -0.349 e. The SMILES string of the molecule is N#CCc1cc(=O)c(C(F)F)c(C#N)[nH]1. The van der Waals surface area contributed by atoms with Gasteiger partial charge in [-0.3, -0.25) is 4.79 Å². The Morgan fingerprint density at radius 3 is 2.60 bits per heavy atom. The van der Waals surface area contributed by atoms with Crippen LogP contribution in [0.3, 0.4) is 0 Å². The predicted octanol–water partition coefficient (Wildman–Crippen LogP) is 1.25. The summed E-state index contributed by atoms with van der Waals surface area (Å²) >= 11 is 0. The molecule has 1 rings (SSSR count). The van der Waals surface area contributed by atoms with Crippen molar-refractivity contribution in [3.8, 4) is 12.1 Å². The first kappa shape index (κ1) is 10.9. The zero-order chi connectivity index (χ0) is 11.4. The third-order valence-electron chi connectivity index (χ3n) is 1.73. The van der Waals surface area contributed by atoms with Crippen molar-refractivity contribution in [3.63, 3.8) is 0 Å². The number of nitrogens with zero attached hydrogens (tertiary/aromatic N) is 2. The molecule has 0 saturated heterocycles. The van der Waals surface area contributed by atoms with Gasteiger partial charge < -0.3 is 4.98 Å². The minimum absolute atomic E-state index is 0.132. The van der Waals surface area contributed by atoms with E-state index in [1.807, 2.05) is 0 Å². The second-order valence-corrected chi connectivity index (χ2v) is 2.69. The lowest BCUT2D eigenvalue weighted by Gasteiger charge is -2.03. The van der Waals surface area contributed by atoms with Crippen LogP contribution in [-0.2, 0) is 6.42 Å². The maximum Gasteiger partial charge on any atom is 0.270 e. The molecular formula is C9H5F2N3O. The average Bonchev–Trinajstić information content (AvgIpc) is 2.16. The van der Waals surface area contributed by atoms with E-state index in [9.17, 15) is 13.6 Å². The quantitative estimate of drug-likeness (QED) is 0.795. The van der Waals surface area contributed by atoms with Gasteiger partial charge in [-0.2, -0.15) is 10.5 Å². The highest BCUT2D eigenvalue weighted by atomic mass is 19.3. The number of nitrogens with one attached hydrogen (secondary N) is 1. The molecule has 4 nitrogen and oxygen atoms in total. The van der Waals surface area contributed by atoms with E-state index in [2.05, 4.69) is 4.98 Å². The number of hydrogen-bond acceptors (Lipinski definition) is 3. The van der Waals surface area contributed by atoms with Crippen LogP contribution >= 0.6 is 0 Å². The van der Waals surface area contributed by atoms with Crippen LogP contribution in [0.4, 0.5) is 8.78 Å². The molecular weight excluding hydrogens is 204 g/mol. The molecule has 0 aromatic carbocycles. The van der Waals surface area contributed by atoms with Gasteiger partial charge >= 0.3 is 0 Å². The fraction of sp³-hybridized carbons (Fsp3) is 0.222. The molecule has 0 fully saturated rings. The molecule has 0 atom stereocenters. The van der Waals surface area contributed by atoms with Gasteiger partial charge in [-0.15, -0.1) is 0 Å². The fourth-order valence-electron chi connectivity index (χ4n) is 1.11. The molecule has 0 aliphatic heterocycles. The standard InChI is InChI=1S/C9H5F2N3O/c10-9(11)8-6(4-13)14-5(1-2-12)3-7(8)15/h3,9H,1H2,(H,14,15). The monoisotopic (exact) mass is 209 g/mol. The van der Waals surface area contributed by atoms with Gasteiger partial charge in [-0.1, -0.05) is 0 Å². The summed E-state index contributed by atoms with van der Waals surface area (Å²) in [5, 5.41) is 16.9. The van der Waals surface area contributed by atoms with Crippen LogP contribution in [0.15, 0.2) is 10.9 Å². The number of H-pyrrole nitrogens is 1. The lowest BCUT2D eigenvalue weighted by molar-refractivity contribution is 0.149. The van der Waals surface area contributed by atoms with Crippen molar-refractivity contribution < 1.29 is 8.78 Å². The summed E-state index contributed by atoms with van der Waals surface area (Å²) in [4.78, 5) is 13.5. The number of nitriles is 2. The van der Waals surface area contributed by atoms with E-state index in [4.69, 9.17) is 10.5 Å². The molecule has 0 aliphatic carbocycles. The molecule has 1 aromatic rings. The molecule has 1 aromatic heterocycles. The topological polar surface area (TPSA) is 80.4 Å². The zero-order valence-corrected chi connectivity index (χ0v) is 7.42. The van der Waals surface area contributed by atoms with Crippen LogP contribution in [0.2, 0.25) is 0 Å². The van der Waals surface area contributed by atoms with Crippen LogP contribution in [0.25, 0.3) is 0 Å². The van der Waals surface area contributed by atoms with E-state index in [-0.39, 0.29) is 12.1 Å². The van der Waals surface area contributed by atoms with Crippen molar-refractivity contribution in [3.05, 3.63) is 33.2 Å². The Balaban J connectivity index is 3.41. The fourth-order valence-corrected chi connectivity index (χ4v) is 1.11. The summed E-state index contributed by atoms with van der Waals surface area (Å²) in [5.41, 5.74) is -2.10. The summed E-state index contributed by atoms with van der Waals surface area (Å²) in [6.45, 7) is 0. The van der Waals surface area contributed by atoms with Crippen molar-refractivity contribution >= 4 is 0 Å². The first-order valence-corrected chi connectivity index (χ1v) is 3.91. The van der Waals surface area contributed by atoms with Crippen molar-refractivity contribution in [1.29, 1.82) is 10.5 Å². The van der Waals surface area contributed by atoms with E-state index < -0.39 is 23.1 Å². The highest BCUT2D eigenvalue weighted by Crippen LogP contribution is 2.17. The molecule has 1 heterocycles. The van der Waals surface area contributed by atoms with E-state index >= 15 is 0 Å². The first-order valence-electron chi connectivity index (χ1n) is 3.91. The molecule has 15 heavy (non-hydrogen) atoms. The molecule has 6 heteroatoms. The Morgan fingerprint density at radius 1 is 1.47 bits per heavy atom. The number of aromatic nitrogens is 1. The van der Waals surface area contributed by atoms with Gasteiger partial charge in [0.2, 0.25) is 0 Å². The molecule has 0 bridgehead atoms. The lowest BCUT2D eigenvalue weighted by Crippen LogP contribution is -2.14. The number of pyridine rings is 1. The summed E-state index contributed by atoms with van der Waals surface area (Å²) < 4.78 is 24.7. The first-order chi connectivity index (χ1) is 7.10. The van der Waals surface area contributed by atoms with Crippen LogP contribution < -0.4 is 5.43 Å². The number of hydrogen-bond donors (Lipinski definition) is 1. The Labute approximate surface area is 83.4 Å².